The van der Waals surface area contributed by atoms with Gasteiger partial charge in [-0.05, 0) is 36.3 Å². The highest BCUT2D eigenvalue weighted by Crippen LogP contribution is 2.35. The number of rotatable bonds is 8. The molecule has 8 heteroatoms. The third kappa shape index (κ3) is 5.01. The molecule has 156 valence electrons. The maximum atomic E-state index is 12.6. The molecule has 0 saturated carbocycles. The van der Waals surface area contributed by atoms with Crippen LogP contribution in [0.15, 0.2) is 53.4 Å². The molecule has 0 aromatic heterocycles. The van der Waals surface area contributed by atoms with Crippen LogP contribution < -0.4 is 14.6 Å². The predicted molar refractivity (Wildman–Crippen MR) is 118 cm³/mol. The van der Waals surface area contributed by atoms with Crippen molar-refractivity contribution in [3.05, 3.63) is 64.6 Å². The van der Waals surface area contributed by atoms with Crippen molar-refractivity contribution in [2.45, 2.75) is 19.4 Å². The first kappa shape index (κ1) is 21.9. The van der Waals surface area contributed by atoms with Gasteiger partial charge in [-0.25, -0.2) is 0 Å². The van der Waals surface area contributed by atoms with E-state index in [1.165, 1.54) is 12.5 Å². The summed E-state index contributed by atoms with van der Waals surface area (Å²) >= 11 is 6.21. The van der Waals surface area contributed by atoms with Crippen LogP contribution in [-0.4, -0.2) is 40.9 Å². The van der Waals surface area contributed by atoms with E-state index in [0.717, 1.165) is 23.1 Å². The molecule has 3 rings (SSSR count). The summed E-state index contributed by atoms with van der Waals surface area (Å²) < 4.78 is 11.5. The zero-order valence-electron chi connectivity index (χ0n) is 16.5. The van der Waals surface area contributed by atoms with Gasteiger partial charge in [-0.2, -0.15) is 0 Å². The van der Waals surface area contributed by atoms with Crippen LogP contribution in [-0.2, 0) is 16.0 Å². The molecule has 0 bridgehead atoms. The van der Waals surface area contributed by atoms with Gasteiger partial charge in [0.1, 0.15) is 4.32 Å². The van der Waals surface area contributed by atoms with Gasteiger partial charge in [-0.3, -0.25) is 9.69 Å². The molecule has 1 fully saturated rings. The fraction of sp³-hybridized carbons (Fsp3) is 0.227. The highest BCUT2D eigenvalue weighted by atomic mass is 32.2. The Morgan fingerprint density at radius 1 is 1.23 bits per heavy atom. The molecule has 30 heavy (non-hydrogen) atoms. The van der Waals surface area contributed by atoms with Crippen molar-refractivity contribution < 1.29 is 24.2 Å². The number of aliphatic carboxylic acids is 1. The Kier molecular flexibility index (Phi) is 7.12. The Bertz CT molecular complexity index is 990. The number of carboxylic acid groups (broad SMARTS) is 1. The highest BCUT2D eigenvalue weighted by molar-refractivity contribution is 8.26. The Labute approximate surface area is 184 Å². The number of ether oxygens (including phenoxy) is 2. The van der Waals surface area contributed by atoms with Crippen molar-refractivity contribution in [3.8, 4) is 11.5 Å². The lowest BCUT2D eigenvalue weighted by molar-refractivity contribution is -0.309. The minimum atomic E-state index is -1.36. The Morgan fingerprint density at radius 2 is 1.97 bits per heavy atom. The zero-order chi connectivity index (χ0) is 21.7. The maximum Gasteiger partial charge on any atom is 0.266 e. The van der Waals surface area contributed by atoms with Gasteiger partial charge < -0.3 is 19.4 Å². The highest BCUT2D eigenvalue weighted by Gasteiger charge is 2.35. The summed E-state index contributed by atoms with van der Waals surface area (Å²) in [5.41, 5.74) is 1.89. The largest absolute Gasteiger partial charge is 0.548 e. The van der Waals surface area contributed by atoms with Crippen molar-refractivity contribution in [1.29, 1.82) is 0 Å². The van der Waals surface area contributed by atoms with E-state index >= 15 is 0 Å². The molecule has 0 aliphatic carbocycles. The number of thioether (sulfide) groups is 1. The predicted octanol–water partition coefficient (Wildman–Crippen LogP) is 2.66. The van der Waals surface area contributed by atoms with E-state index in [1.807, 2.05) is 30.3 Å². The van der Waals surface area contributed by atoms with Crippen LogP contribution in [0, 0.1) is 0 Å². The molecule has 1 saturated heterocycles. The van der Waals surface area contributed by atoms with Crippen molar-refractivity contribution in [1.82, 2.24) is 4.90 Å². The molecule has 0 N–H and O–H groups in total. The van der Waals surface area contributed by atoms with E-state index in [9.17, 15) is 14.7 Å². The van der Waals surface area contributed by atoms with Crippen molar-refractivity contribution in [2.75, 3.05) is 13.7 Å². The molecule has 0 unspecified atom stereocenters. The van der Waals surface area contributed by atoms with Gasteiger partial charge in [0, 0.05) is 6.42 Å². The topological polar surface area (TPSA) is 78.9 Å². The summed E-state index contributed by atoms with van der Waals surface area (Å²) in [5, 5.41) is 11.1. The second-order valence-corrected chi connectivity index (χ2v) is 8.22. The Balaban J connectivity index is 1.72. The van der Waals surface area contributed by atoms with E-state index < -0.39 is 17.9 Å². The van der Waals surface area contributed by atoms with Crippen LogP contribution in [0.2, 0.25) is 0 Å². The summed E-state index contributed by atoms with van der Waals surface area (Å²) in [5.74, 6) is -0.672. The number of methoxy groups -OCH3 is 1. The third-order valence-electron chi connectivity index (χ3n) is 4.53. The fourth-order valence-electron chi connectivity index (χ4n) is 2.89. The van der Waals surface area contributed by atoms with Crippen LogP contribution in [0.5, 0.6) is 11.5 Å². The number of amides is 1. The smallest absolute Gasteiger partial charge is 0.266 e. The first-order valence-electron chi connectivity index (χ1n) is 9.23. The van der Waals surface area contributed by atoms with Gasteiger partial charge in [0.2, 0.25) is 0 Å². The molecular weight excluding hydrogens is 422 g/mol. The van der Waals surface area contributed by atoms with E-state index in [0.29, 0.717) is 28.6 Å². The van der Waals surface area contributed by atoms with Gasteiger partial charge in [-0.1, -0.05) is 60.4 Å². The number of thiocarbonyl (C=S) groups is 1. The van der Waals surface area contributed by atoms with Crippen LogP contribution in [0.4, 0.5) is 0 Å². The van der Waals surface area contributed by atoms with Crippen LogP contribution in [0.1, 0.15) is 18.1 Å². The minimum Gasteiger partial charge on any atom is -0.548 e. The average molecular weight is 443 g/mol. The quantitative estimate of drug-likeness (QED) is 0.459. The SMILES string of the molecule is COc1cc(/C=C2\SC(=S)N([C@H](C)C(=O)[O-])C2=O)ccc1OCCc1ccccc1. The molecule has 1 amide bonds. The Morgan fingerprint density at radius 3 is 2.63 bits per heavy atom. The second-order valence-electron chi connectivity index (χ2n) is 6.54. The summed E-state index contributed by atoms with van der Waals surface area (Å²) in [6.45, 7) is 1.87. The van der Waals surface area contributed by atoms with Crippen LogP contribution in [0.25, 0.3) is 6.08 Å². The average Bonchev–Trinajstić information content (AvgIpc) is 3.01. The number of hydrogen-bond acceptors (Lipinski definition) is 7. The first-order valence-corrected chi connectivity index (χ1v) is 10.5. The van der Waals surface area contributed by atoms with Crippen molar-refractivity contribution >= 4 is 46.3 Å². The lowest BCUT2D eigenvalue weighted by Gasteiger charge is -2.23. The van der Waals surface area contributed by atoms with Gasteiger partial charge in [0.05, 0.1) is 30.6 Å². The summed E-state index contributed by atoms with van der Waals surface area (Å²) in [7, 11) is 1.55. The molecule has 6 nitrogen and oxygen atoms in total. The van der Waals surface area contributed by atoms with Crippen LogP contribution in [0.3, 0.4) is 0 Å². The third-order valence-corrected chi connectivity index (χ3v) is 5.86. The second kappa shape index (κ2) is 9.77. The first-order chi connectivity index (χ1) is 14.4. The van der Waals surface area contributed by atoms with E-state index in [-0.39, 0.29) is 4.32 Å². The fourth-order valence-corrected chi connectivity index (χ4v) is 4.31. The number of hydrogen-bond donors (Lipinski definition) is 0. The number of carbonyl (C=O) groups is 2. The molecule has 1 atom stereocenters. The lowest BCUT2D eigenvalue weighted by Crippen LogP contribution is -2.48. The van der Waals surface area contributed by atoms with Gasteiger partial charge in [0.15, 0.2) is 11.5 Å². The molecule has 0 spiro atoms. The lowest BCUT2D eigenvalue weighted by atomic mass is 10.1. The van der Waals surface area contributed by atoms with E-state index in [4.69, 9.17) is 21.7 Å². The number of benzene rings is 2. The van der Waals surface area contributed by atoms with E-state index in [2.05, 4.69) is 0 Å². The molecule has 0 radical (unpaired) electrons. The standard InChI is InChI=1S/C22H21NO5S2/c1-14(21(25)26)23-20(24)19(30-22(23)29)13-16-8-9-17(18(12-16)27-2)28-11-10-15-6-4-3-5-7-15/h3-9,12-14H,10-11H2,1-2H3,(H,25,26)/p-1/b19-13-/t14-/m1/s1. The summed E-state index contributed by atoms with van der Waals surface area (Å²) in [6, 6.07) is 14.2. The van der Waals surface area contributed by atoms with Gasteiger partial charge >= 0.3 is 0 Å². The van der Waals surface area contributed by atoms with Crippen LogP contribution >= 0.6 is 24.0 Å². The van der Waals surface area contributed by atoms with Crippen molar-refractivity contribution in [3.63, 3.8) is 0 Å². The normalized spacial score (nSPS) is 16.1. The van der Waals surface area contributed by atoms with Gasteiger partial charge in [-0.15, -0.1) is 0 Å². The number of carboxylic acids is 1. The van der Waals surface area contributed by atoms with Crippen molar-refractivity contribution in [2.24, 2.45) is 0 Å². The summed E-state index contributed by atoms with van der Waals surface area (Å²) in [6.07, 6.45) is 2.42. The zero-order valence-corrected chi connectivity index (χ0v) is 18.1. The molecule has 1 heterocycles. The molecule has 2 aromatic rings. The molecule has 1 aliphatic rings. The number of nitrogens with zero attached hydrogens (tertiary/aromatic N) is 1. The maximum absolute atomic E-state index is 12.6. The Hall–Kier alpha value is -2.84. The monoisotopic (exact) mass is 442 g/mol. The molecular formula is C22H20NO5S2-. The van der Waals surface area contributed by atoms with E-state index in [1.54, 1.807) is 31.4 Å². The molecule has 2 aromatic carbocycles. The summed E-state index contributed by atoms with van der Waals surface area (Å²) in [4.78, 5) is 25.1. The number of carbonyl (C=O) groups excluding carboxylic acids is 2. The molecule has 1 aliphatic heterocycles. The van der Waals surface area contributed by atoms with Gasteiger partial charge in [0.25, 0.3) is 5.91 Å². The minimum absolute atomic E-state index is 0.191.